The van der Waals surface area contributed by atoms with Crippen LogP contribution in [0.2, 0.25) is 0 Å². The summed E-state index contributed by atoms with van der Waals surface area (Å²) in [6.07, 6.45) is -14.0. The number of halogens is 14. The van der Waals surface area contributed by atoms with Gasteiger partial charge in [-0.15, -0.1) is 0 Å². The fourth-order valence-electron chi connectivity index (χ4n) is 2.23. The van der Waals surface area contributed by atoms with Crippen molar-refractivity contribution in [2.45, 2.75) is 55.5 Å². The zero-order valence-electron chi connectivity index (χ0n) is 14.4. The lowest BCUT2D eigenvalue weighted by Crippen LogP contribution is -2.52. The maximum absolute atomic E-state index is 14.1. The lowest BCUT2D eigenvalue weighted by molar-refractivity contribution is -0.361. The average molecular weight is 471 g/mol. The predicted octanol–water partition coefficient (Wildman–Crippen LogP) is 6.93. The van der Waals surface area contributed by atoms with Gasteiger partial charge in [0.2, 0.25) is 0 Å². The molecule has 0 amide bonds. The first-order valence-electron chi connectivity index (χ1n) is 7.34. The van der Waals surface area contributed by atoms with E-state index in [0.717, 1.165) is 0 Å². The smallest absolute Gasteiger partial charge is 0.225 e. The minimum absolute atomic E-state index is 0.238. The Balaban J connectivity index is 3.93. The number of hydrogen-bond acceptors (Lipinski definition) is 0. The number of benzene rings is 1. The van der Waals surface area contributed by atoms with E-state index in [2.05, 4.69) is 0 Å². The van der Waals surface area contributed by atoms with Crippen LogP contribution >= 0.6 is 0 Å². The van der Waals surface area contributed by atoms with Crippen LogP contribution in [0.1, 0.15) is 30.5 Å². The van der Waals surface area contributed by atoms with E-state index in [4.69, 9.17) is 0 Å². The largest absolute Gasteiger partial charge is 0.460 e. The van der Waals surface area contributed by atoms with Crippen LogP contribution < -0.4 is 0 Å². The minimum Gasteiger partial charge on any atom is -0.225 e. The van der Waals surface area contributed by atoms with Crippen molar-refractivity contribution in [1.82, 2.24) is 0 Å². The molecule has 0 heterocycles. The van der Waals surface area contributed by atoms with Crippen molar-refractivity contribution in [3.05, 3.63) is 34.9 Å². The summed E-state index contributed by atoms with van der Waals surface area (Å²) in [7, 11) is 0. The van der Waals surface area contributed by atoms with Crippen LogP contribution in [0.5, 0.6) is 0 Å². The molecule has 0 atom stereocenters. The van der Waals surface area contributed by atoms with Crippen LogP contribution in [-0.2, 0) is 22.6 Å². The van der Waals surface area contributed by atoms with E-state index in [9.17, 15) is 66.6 Å². The molecule has 30 heavy (non-hydrogen) atoms. The molecule has 1 aromatic carbocycles. The molecule has 1 radical (unpaired) electrons. The van der Waals surface area contributed by atoms with Gasteiger partial charge < -0.3 is 0 Å². The van der Waals surface area contributed by atoms with Gasteiger partial charge in [-0.25, -0.2) is 5.11 Å². The molecule has 173 valence electrons. The highest BCUT2D eigenvalue weighted by Gasteiger charge is 2.76. The Labute approximate surface area is 158 Å². The van der Waals surface area contributed by atoms with E-state index < -0.39 is 64.4 Å². The standard InChI is InChI=1S/C15H9F14O/c1-9(2,30)7-4-3-6(10(16,17)12(20,21)14(24,25)26)5-8(7)11(18,19)13(22,23)15(27,28)29/h3-5H,1-2H3. The van der Waals surface area contributed by atoms with Gasteiger partial charge in [-0.05, 0) is 25.5 Å². The first kappa shape index (κ1) is 26.2. The van der Waals surface area contributed by atoms with E-state index in [-0.39, 0.29) is 12.1 Å². The molecule has 0 spiro atoms. The zero-order valence-corrected chi connectivity index (χ0v) is 14.4. The van der Waals surface area contributed by atoms with Crippen LogP contribution in [-0.4, -0.2) is 24.2 Å². The van der Waals surface area contributed by atoms with Crippen molar-refractivity contribution in [3.8, 4) is 0 Å². The number of rotatable bonds is 5. The maximum atomic E-state index is 14.1. The Morgan fingerprint density at radius 1 is 0.567 bits per heavy atom. The summed E-state index contributed by atoms with van der Waals surface area (Å²) in [6.45, 7) is 0.853. The van der Waals surface area contributed by atoms with Crippen LogP contribution in [0.15, 0.2) is 18.2 Å². The SMILES string of the molecule is CC(C)([O])c1ccc(C(F)(F)C(F)(F)C(F)(F)F)cc1C(F)(F)C(F)(F)C(F)(F)F. The Hall–Kier alpha value is -1.80. The Morgan fingerprint density at radius 2 is 0.933 bits per heavy atom. The highest BCUT2D eigenvalue weighted by Crippen LogP contribution is 2.56. The van der Waals surface area contributed by atoms with Crippen LogP contribution in [0.25, 0.3) is 0 Å². The van der Waals surface area contributed by atoms with Crippen molar-refractivity contribution in [3.63, 3.8) is 0 Å². The van der Waals surface area contributed by atoms with E-state index in [1.165, 1.54) is 0 Å². The summed E-state index contributed by atoms with van der Waals surface area (Å²) in [5.41, 5.74) is -10.1. The first-order chi connectivity index (χ1) is 12.8. The van der Waals surface area contributed by atoms with Crippen LogP contribution in [0.4, 0.5) is 61.5 Å². The molecule has 0 aliphatic heterocycles. The third kappa shape index (κ3) is 3.91. The summed E-state index contributed by atoms with van der Waals surface area (Å²) in [5, 5.41) is 11.9. The van der Waals surface area contributed by atoms with E-state index >= 15 is 0 Å². The topological polar surface area (TPSA) is 19.9 Å². The number of hydrogen-bond donors (Lipinski definition) is 0. The van der Waals surface area contributed by atoms with Gasteiger partial charge in [0.25, 0.3) is 0 Å². The average Bonchev–Trinajstić information content (AvgIpc) is 2.50. The molecule has 1 nitrogen and oxygen atoms in total. The fraction of sp³-hybridized carbons (Fsp3) is 0.600. The van der Waals surface area contributed by atoms with Gasteiger partial charge in [-0.3, -0.25) is 0 Å². The molecule has 0 aromatic heterocycles. The summed E-state index contributed by atoms with van der Waals surface area (Å²) in [6, 6.07) is -1.70. The molecule has 0 N–H and O–H groups in total. The van der Waals surface area contributed by atoms with Gasteiger partial charge in [0.05, 0.1) is 0 Å². The second-order valence-corrected chi connectivity index (χ2v) is 6.56. The molecule has 0 fully saturated rings. The van der Waals surface area contributed by atoms with Gasteiger partial charge >= 0.3 is 36.0 Å². The lowest BCUT2D eigenvalue weighted by atomic mass is 9.85. The molecule has 1 rings (SSSR count). The molecular formula is C15H9F14O. The summed E-state index contributed by atoms with van der Waals surface area (Å²) in [5.74, 6) is -26.8. The van der Waals surface area contributed by atoms with Gasteiger partial charge in [0.1, 0.15) is 5.60 Å². The second kappa shape index (κ2) is 6.85. The van der Waals surface area contributed by atoms with Crippen molar-refractivity contribution >= 4 is 0 Å². The Morgan fingerprint density at radius 3 is 1.27 bits per heavy atom. The highest BCUT2D eigenvalue weighted by molar-refractivity contribution is 5.42. The van der Waals surface area contributed by atoms with Crippen molar-refractivity contribution in [2.24, 2.45) is 0 Å². The van der Waals surface area contributed by atoms with E-state index in [1.807, 2.05) is 0 Å². The Kier molecular flexibility index (Phi) is 5.99. The number of alkyl halides is 14. The first-order valence-corrected chi connectivity index (χ1v) is 7.34. The molecular weight excluding hydrogens is 462 g/mol. The quantitative estimate of drug-likeness (QED) is 0.415. The molecule has 0 bridgehead atoms. The lowest BCUT2D eigenvalue weighted by Gasteiger charge is -2.33. The van der Waals surface area contributed by atoms with Crippen molar-refractivity contribution < 1.29 is 66.6 Å². The van der Waals surface area contributed by atoms with Crippen molar-refractivity contribution in [2.75, 3.05) is 0 Å². The second-order valence-electron chi connectivity index (χ2n) is 6.56. The summed E-state index contributed by atoms with van der Waals surface area (Å²) >= 11 is 0. The van der Waals surface area contributed by atoms with Crippen LogP contribution in [0.3, 0.4) is 0 Å². The monoisotopic (exact) mass is 471 g/mol. The molecule has 15 heteroatoms. The normalized spacial score (nSPS) is 15.5. The van der Waals surface area contributed by atoms with Gasteiger partial charge in [0, 0.05) is 11.1 Å². The molecule has 0 unspecified atom stereocenters. The van der Waals surface area contributed by atoms with E-state index in [1.54, 1.807) is 0 Å². The molecule has 1 aromatic rings. The predicted molar refractivity (Wildman–Crippen MR) is 69.9 cm³/mol. The van der Waals surface area contributed by atoms with Gasteiger partial charge in [-0.2, -0.15) is 61.5 Å². The summed E-state index contributed by atoms with van der Waals surface area (Å²) < 4.78 is 183. The molecule has 0 saturated carbocycles. The summed E-state index contributed by atoms with van der Waals surface area (Å²) in [4.78, 5) is 0. The zero-order chi connectivity index (χ0) is 24.4. The van der Waals surface area contributed by atoms with E-state index in [0.29, 0.717) is 13.8 Å². The van der Waals surface area contributed by atoms with Crippen molar-refractivity contribution in [1.29, 1.82) is 0 Å². The molecule has 0 aliphatic rings. The minimum atomic E-state index is -7.00. The third-order valence-electron chi connectivity index (χ3n) is 3.87. The Bertz CT molecular complexity index is 782. The van der Waals surface area contributed by atoms with Gasteiger partial charge in [0.15, 0.2) is 0 Å². The molecule has 0 aliphatic carbocycles. The highest BCUT2D eigenvalue weighted by atomic mass is 19.4. The third-order valence-corrected chi connectivity index (χ3v) is 3.87. The van der Waals surface area contributed by atoms with Gasteiger partial charge in [-0.1, -0.05) is 12.1 Å². The fourth-order valence-corrected chi connectivity index (χ4v) is 2.23. The maximum Gasteiger partial charge on any atom is 0.460 e. The molecule has 0 saturated heterocycles. The van der Waals surface area contributed by atoms with Crippen LogP contribution in [0, 0.1) is 0 Å².